The van der Waals surface area contributed by atoms with Crippen molar-refractivity contribution < 1.29 is 30.0 Å². The summed E-state index contributed by atoms with van der Waals surface area (Å²) in [5.74, 6) is -0.349. The Labute approximate surface area is 126 Å². The first-order chi connectivity index (χ1) is 8.79. The second-order valence-electron chi connectivity index (χ2n) is 3.77. The Hall–Kier alpha value is -1.69. The van der Waals surface area contributed by atoms with Gasteiger partial charge in [0.15, 0.2) is 0 Å². The molecule has 0 spiro atoms. The first kappa shape index (κ1) is 15.4. The van der Waals surface area contributed by atoms with Crippen LogP contribution >= 0.6 is 0 Å². The van der Waals surface area contributed by atoms with Gasteiger partial charge in [-0.25, -0.2) is 4.79 Å². The van der Waals surface area contributed by atoms with Crippen LogP contribution in [0.3, 0.4) is 0 Å². The van der Waals surface area contributed by atoms with Crippen molar-refractivity contribution >= 4 is 12.0 Å². The van der Waals surface area contributed by atoms with Gasteiger partial charge >= 0.3 is 5.97 Å². The van der Waals surface area contributed by atoms with E-state index in [0.29, 0.717) is 0 Å². The van der Waals surface area contributed by atoms with Crippen molar-refractivity contribution in [1.82, 2.24) is 0 Å². The molecule has 0 heterocycles. The van der Waals surface area contributed by atoms with E-state index < -0.39 is 0 Å². The third-order valence-electron chi connectivity index (χ3n) is 2.58. The van der Waals surface area contributed by atoms with Gasteiger partial charge in [0.1, 0.15) is 0 Å². The third-order valence-corrected chi connectivity index (χ3v) is 2.58. The van der Waals surface area contributed by atoms with Gasteiger partial charge < -0.3 is 4.74 Å². The molecule has 0 aliphatic heterocycles. The smallest absolute Gasteiger partial charge is 0.330 e. The van der Waals surface area contributed by atoms with E-state index in [1.165, 1.54) is 13.2 Å². The molecule has 2 nitrogen and oxygen atoms in total. The zero-order valence-electron chi connectivity index (χ0n) is 10.5. The van der Waals surface area contributed by atoms with Crippen LogP contribution in [0.5, 0.6) is 0 Å². The van der Waals surface area contributed by atoms with Gasteiger partial charge in [-0.05, 0) is 17.2 Å². The van der Waals surface area contributed by atoms with Crippen LogP contribution < -0.4 is 0 Å². The molecule has 0 unspecified atom stereocenters. The number of methoxy groups -OCH3 is 1. The average Bonchev–Trinajstić information content (AvgIpc) is 2.46. The van der Waals surface area contributed by atoms with E-state index >= 15 is 0 Å². The average molecular weight is 423 g/mol. The summed E-state index contributed by atoms with van der Waals surface area (Å²) in [6, 6.07) is 18.8. The van der Waals surface area contributed by atoms with E-state index in [1.807, 2.05) is 48.5 Å². The summed E-state index contributed by atoms with van der Waals surface area (Å²) in [7, 11) is 1.36. The van der Waals surface area contributed by atoms with Crippen molar-refractivity contribution in [2.24, 2.45) is 0 Å². The SMILES string of the molecule is COC(=O)/C=C/c1ccc(-c2cc[c-]cc2)cc1.[Re]. The molecule has 2 aromatic carbocycles. The van der Waals surface area contributed by atoms with Crippen LogP contribution in [0, 0.1) is 6.07 Å². The topological polar surface area (TPSA) is 26.3 Å². The van der Waals surface area contributed by atoms with E-state index in [9.17, 15) is 4.79 Å². The number of rotatable bonds is 3. The maximum atomic E-state index is 11.0. The van der Waals surface area contributed by atoms with Crippen LogP contribution in [0.25, 0.3) is 17.2 Å². The van der Waals surface area contributed by atoms with Crippen LogP contribution in [-0.4, -0.2) is 13.1 Å². The van der Waals surface area contributed by atoms with Gasteiger partial charge in [0.25, 0.3) is 0 Å². The van der Waals surface area contributed by atoms with E-state index in [2.05, 4.69) is 10.8 Å². The fourth-order valence-corrected chi connectivity index (χ4v) is 1.60. The number of carbonyl (C=O) groups is 1. The molecule has 3 heteroatoms. The Kier molecular flexibility index (Phi) is 6.21. The molecule has 0 aliphatic carbocycles. The second-order valence-corrected chi connectivity index (χ2v) is 3.77. The molecule has 2 aromatic rings. The molecule has 0 saturated carbocycles. The minimum Gasteiger partial charge on any atom is -0.466 e. The van der Waals surface area contributed by atoms with Crippen molar-refractivity contribution in [3.8, 4) is 11.1 Å². The summed E-state index contributed by atoms with van der Waals surface area (Å²) >= 11 is 0. The quantitative estimate of drug-likeness (QED) is 0.430. The molecule has 0 aliphatic rings. The molecule has 2 rings (SSSR count). The molecule has 97 valence electrons. The maximum Gasteiger partial charge on any atom is 0.330 e. The Balaban J connectivity index is 0.00000180. The summed E-state index contributed by atoms with van der Waals surface area (Å²) in [6.45, 7) is 0. The molecule has 19 heavy (non-hydrogen) atoms. The Morgan fingerprint density at radius 3 is 2.21 bits per heavy atom. The van der Waals surface area contributed by atoms with Gasteiger partial charge in [-0.2, -0.15) is 30.3 Å². The van der Waals surface area contributed by atoms with E-state index in [0.717, 1.165) is 16.7 Å². The van der Waals surface area contributed by atoms with E-state index in [-0.39, 0.29) is 26.4 Å². The second kappa shape index (κ2) is 7.68. The summed E-state index contributed by atoms with van der Waals surface area (Å²) < 4.78 is 4.54. The number of ether oxygens (including phenoxy) is 1. The third kappa shape index (κ3) is 4.48. The molecule has 0 amide bonds. The first-order valence-corrected chi connectivity index (χ1v) is 5.62. The zero-order valence-corrected chi connectivity index (χ0v) is 13.2. The first-order valence-electron chi connectivity index (χ1n) is 5.62. The summed E-state index contributed by atoms with van der Waals surface area (Å²) in [5.41, 5.74) is 3.25. The predicted octanol–water partition coefficient (Wildman–Crippen LogP) is 3.34. The number of hydrogen-bond donors (Lipinski definition) is 0. The molecule has 0 N–H and O–H groups in total. The normalized spacial score (nSPS) is 9.95. The van der Waals surface area contributed by atoms with Gasteiger partial charge in [-0.15, -0.1) is 5.56 Å². The number of benzene rings is 2. The maximum absolute atomic E-state index is 11.0. The van der Waals surface area contributed by atoms with Crippen molar-refractivity contribution in [1.29, 1.82) is 0 Å². The number of carbonyl (C=O) groups excluding carboxylic acids is 1. The van der Waals surface area contributed by atoms with Crippen molar-refractivity contribution in [2.75, 3.05) is 7.11 Å². The van der Waals surface area contributed by atoms with Crippen molar-refractivity contribution in [2.45, 2.75) is 0 Å². The van der Waals surface area contributed by atoms with Gasteiger partial charge in [0, 0.05) is 26.5 Å². The molecule has 0 aromatic heterocycles. The summed E-state index contributed by atoms with van der Waals surface area (Å²) in [4.78, 5) is 11.0. The fourth-order valence-electron chi connectivity index (χ4n) is 1.60. The van der Waals surface area contributed by atoms with Gasteiger partial charge in [-0.3, -0.25) is 0 Å². The monoisotopic (exact) mass is 424 g/mol. The van der Waals surface area contributed by atoms with Crippen LogP contribution in [0.2, 0.25) is 0 Å². The molecule has 0 bridgehead atoms. The molecule has 1 radical (unpaired) electrons. The summed E-state index contributed by atoms with van der Waals surface area (Å²) in [5, 5.41) is 0. The molecule has 0 saturated heterocycles. The van der Waals surface area contributed by atoms with Gasteiger partial charge in [0.05, 0.1) is 7.11 Å². The largest absolute Gasteiger partial charge is 0.466 e. The van der Waals surface area contributed by atoms with Crippen LogP contribution in [-0.2, 0) is 30.0 Å². The van der Waals surface area contributed by atoms with Crippen molar-refractivity contribution in [3.63, 3.8) is 0 Å². The fraction of sp³-hybridized carbons (Fsp3) is 0.0625. The molecular formula is C16H13O2Re-. The molecule has 0 atom stereocenters. The van der Waals surface area contributed by atoms with E-state index in [1.54, 1.807) is 6.08 Å². The number of hydrogen-bond acceptors (Lipinski definition) is 2. The van der Waals surface area contributed by atoms with Crippen LogP contribution in [0.15, 0.2) is 54.6 Å². The standard InChI is InChI=1S/C16H13O2.Re/c1-18-16(17)12-9-13-7-10-15(11-8-13)14-5-3-2-4-6-14;/h3-12H,1H3;/q-1;/b12-9+;. The van der Waals surface area contributed by atoms with Crippen LogP contribution in [0.4, 0.5) is 0 Å². The van der Waals surface area contributed by atoms with Crippen molar-refractivity contribution in [3.05, 3.63) is 66.2 Å². The van der Waals surface area contributed by atoms with Crippen LogP contribution in [0.1, 0.15) is 5.56 Å². The van der Waals surface area contributed by atoms with Gasteiger partial charge in [-0.1, -0.05) is 24.3 Å². The summed E-state index contributed by atoms with van der Waals surface area (Å²) in [6.07, 6.45) is 3.14. The Morgan fingerprint density at radius 2 is 1.63 bits per heavy atom. The predicted molar refractivity (Wildman–Crippen MR) is 71.8 cm³/mol. The van der Waals surface area contributed by atoms with E-state index in [4.69, 9.17) is 0 Å². The Morgan fingerprint density at radius 1 is 1.05 bits per heavy atom. The molecular weight excluding hydrogens is 410 g/mol. The zero-order chi connectivity index (χ0) is 12.8. The Bertz CT molecular complexity index is 545. The minimum atomic E-state index is -0.349. The number of esters is 1. The van der Waals surface area contributed by atoms with Gasteiger partial charge in [0.2, 0.25) is 0 Å². The molecule has 0 fully saturated rings. The minimum absolute atomic E-state index is 0.